The molecule has 0 bridgehead atoms. The van der Waals surface area contributed by atoms with E-state index in [1.807, 2.05) is 11.2 Å². The molecule has 0 unspecified atom stereocenters. The molecule has 2 rings (SSSR count). The molecule has 14 heavy (non-hydrogen) atoms. The number of rotatable bonds is 1. The van der Waals surface area contributed by atoms with Gasteiger partial charge in [0.15, 0.2) is 0 Å². The van der Waals surface area contributed by atoms with Crippen LogP contribution >= 0.6 is 11.8 Å². The van der Waals surface area contributed by atoms with Gasteiger partial charge in [0.25, 0.3) is 0 Å². The van der Waals surface area contributed by atoms with Gasteiger partial charge in [-0.05, 0) is 12.5 Å². The van der Waals surface area contributed by atoms with Crippen molar-refractivity contribution in [3.8, 4) is 0 Å². The van der Waals surface area contributed by atoms with Gasteiger partial charge in [0.1, 0.15) is 5.69 Å². The van der Waals surface area contributed by atoms with E-state index in [0.717, 1.165) is 23.1 Å². The van der Waals surface area contributed by atoms with Gasteiger partial charge in [0.05, 0.1) is 5.69 Å². The molecule has 0 spiro atoms. The topological polar surface area (TPSA) is 28.7 Å². The quantitative estimate of drug-likeness (QED) is 0.788. The molecule has 0 amide bonds. The van der Waals surface area contributed by atoms with E-state index in [1.165, 1.54) is 11.8 Å². The minimum atomic E-state index is -4.34. The van der Waals surface area contributed by atoms with E-state index in [4.69, 9.17) is 0 Å². The maximum Gasteiger partial charge on any atom is 0.432 e. The number of thioether (sulfide) groups is 1. The van der Waals surface area contributed by atoms with Crippen LogP contribution in [0.2, 0.25) is 0 Å². The summed E-state index contributed by atoms with van der Waals surface area (Å²) in [5, 5.41) is 5.62. The first-order chi connectivity index (χ1) is 6.57. The summed E-state index contributed by atoms with van der Waals surface area (Å²) in [5.74, 6) is 0.920. The molecule has 1 aliphatic rings. The molecule has 0 atom stereocenters. The zero-order valence-corrected chi connectivity index (χ0v) is 7.87. The van der Waals surface area contributed by atoms with Gasteiger partial charge in [-0.15, -0.1) is 11.8 Å². The third-order valence-electron chi connectivity index (χ3n) is 1.84. The monoisotopic (exact) mass is 220 g/mol. The Labute approximate surface area is 82.6 Å². The molecule has 0 saturated carbocycles. The summed E-state index contributed by atoms with van der Waals surface area (Å²) >= 11 is 1.53. The number of nitrogens with one attached hydrogen (secondary N) is 1. The fourth-order valence-electron chi connectivity index (χ4n) is 1.19. The van der Waals surface area contributed by atoms with Crippen LogP contribution in [-0.4, -0.2) is 16.0 Å². The maximum absolute atomic E-state index is 12.2. The normalized spacial score (nSPS) is 17.2. The van der Waals surface area contributed by atoms with E-state index >= 15 is 0 Å². The van der Waals surface area contributed by atoms with Gasteiger partial charge in [-0.1, -0.05) is 6.08 Å². The van der Waals surface area contributed by atoms with Crippen LogP contribution in [0.5, 0.6) is 0 Å². The third-order valence-corrected chi connectivity index (χ3v) is 2.97. The number of halogens is 3. The maximum atomic E-state index is 12.2. The first kappa shape index (κ1) is 9.64. The van der Waals surface area contributed by atoms with Gasteiger partial charge >= 0.3 is 6.18 Å². The second kappa shape index (κ2) is 3.34. The molecule has 1 aromatic heterocycles. The minimum Gasteiger partial charge on any atom is -0.273 e. The number of aromatic amines is 1. The van der Waals surface area contributed by atoms with Crippen molar-refractivity contribution in [3.63, 3.8) is 0 Å². The summed E-state index contributed by atoms with van der Waals surface area (Å²) in [6, 6.07) is 1.05. The number of H-pyrrole nitrogens is 1. The Balaban J connectivity index is 2.26. The van der Waals surface area contributed by atoms with Crippen molar-refractivity contribution in [2.24, 2.45) is 0 Å². The largest absolute Gasteiger partial charge is 0.432 e. The highest BCUT2D eigenvalue weighted by atomic mass is 32.2. The highest BCUT2D eigenvalue weighted by molar-refractivity contribution is 8.08. The lowest BCUT2D eigenvalue weighted by atomic mass is 10.3. The predicted molar refractivity (Wildman–Crippen MR) is 48.6 cm³/mol. The first-order valence-electron chi connectivity index (χ1n) is 4.03. The Morgan fingerprint density at radius 2 is 2.21 bits per heavy atom. The van der Waals surface area contributed by atoms with Crippen molar-refractivity contribution >= 4 is 16.7 Å². The first-order valence-corrected chi connectivity index (χ1v) is 5.02. The second-order valence-corrected chi connectivity index (χ2v) is 4.01. The Morgan fingerprint density at radius 3 is 2.71 bits per heavy atom. The molecular formula is C8H7F3N2S. The van der Waals surface area contributed by atoms with Gasteiger partial charge in [0.2, 0.25) is 0 Å². The molecule has 0 saturated heterocycles. The Hall–Kier alpha value is -0.910. The summed E-state index contributed by atoms with van der Waals surface area (Å²) in [6.07, 6.45) is -1.54. The lowest BCUT2D eigenvalue weighted by Crippen LogP contribution is -2.04. The standard InChI is InChI=1S/C8H7F3N2S/c9-8(10,11)7-4-5(12-13-7)6-2-1-3-14-6/h2,4H,1,3H2,(H,12,13). The van der Waals surface area contributed by atoms with Crippen molar-refractivity contribution in [2.45, 2.75) is 12.6 Å². The summed E-state index contributed by atoms with van der Waals surface area (Å²) in [7, 11) is 0. The lowest BCUT2D eigenvalue weighted by Gasteiger charge is -1.99. The van der Waals surface area contributed by atoms with Crippen LogP contribution in [0, 0.1) is 0 Å². The Morgan fingerprint density at radius 1 is 1.43 bits per heavy atom. The molecule has 2 heterocycles. The summed E-state index contributed by atoms with van der Waals surface area (Å²) < 4.78 is 36.6. The highest BCUT2D eigenvalue weighted by Crippen LogP contribution is 2.35. The van der Waals surface area contributed by atoms with Crippen LogP contribution in [-0.2, 0) is 6.18 Å². The van der Waals surface area contributed by atoms with Crippen LogP contribution in [0.15, 0.2) is 12.1 Å². The summed E-state index contributed by atoms with van der Waals surface area (Å²) in [4.78, 5) is 0.830. The molecule has 1 aromatic rings. The molecule has 76 valence electrons. The Bertz CT molecular complexity index is 367. The van der Waals surface area contributed by atoms with E-state index in [9.17, 15) is 13.2 Å². The lowest BCUT2D eigenvalue weighted by molar-refractivity contribution is -0.141. The van der Waals surface area contributed by atoms with Gasteiger partial charge < -0.3 is 0 Å². The molecule has 0 radical (unpaired) electrons. The van der Waals surface area contributed by atoms with Crippen molar-refractivity contribution in [1.29, 1.82) is 0 Å². The van der Waals surface area contributed by atoms with Crippen LogP contribution in [0.4, 0.5) is 13.2 Å². The molecule has 1 N–H and O–H groups in total. The molecule has 6 heteroatoms. The average Bonchev–Trinajstić information content (AvgIpc) is 2.73. The SMILES string of the molecule is FC(F)(F)c1cc(C2=CCCS2)n[nH]1. The Kier molecular flexibility index (Phi) is 2.30. The number of alkyl halides is 3. The number of nitrogens with zero attached hydrogens (tertiary/aromatic N) is 1. The van der Waals surface area contributed by atoms with Crippen molar-refractivity contribution in [3.05, 3.63) is 23.5 Å². The van der Waals surface area contributed by atoms with E-state index in [0.29, 0.717) is 5.69 Å². The zero-order valence-electron chi connectivity index (χ0n) is 7.06. The number of hydrogen-bond acceptors (Lipinski definition) is 2. The molecule has 2 nitrogen and oxygen atoms in total. The van der Waals surface area contributed by atoms with Crippen LogP contribution in [0.25, 0.3) is 4.91 Å². The van der Waals surface area contributed by atoms with Crippen molar-refractivity contribution in [1.82, 2.24) is 10.2 Å². The smallest absolute Gasteiger partial charge is 0.273 e. The fourth-order valence-corrected chi connectivity index (χ4v) is 2.13. The van der Waals surface area contributed by atoms with Gasteiger partial charge in [0, 0.05) is 10.7 Å². The van der Waals surface area contributed by atoms with E-state index in [1.54, 1.807) is 0 Å². The number of aromatic nitrogens is 2. The highest BCUT2D eigenvalue weighted by Gasteiger charge is 2.33. The van der Waals surface area contributed by atoms with Gasteiger partial charge in [-0.25, -0.2) is 0 Å². The zero-order chi connectivity index (χ0) is 10.2. The molecule has 1 aliphatic heterocycles. The van der Waals surface area contributed by atoms with Gasteiger partial charge in [-0.3, -0.25) is 5.10 Å². The molecular weight excluding hydrogens is 213 g/mol. The third kappa shape index (κ3) is 1.79. The molecule has 0 aromatic carbocycles. The van der Waals surface area contributed by atoms with Gasteiger partial charge in [-0.2, -0.15) is 18.3 Å². The van der Waals surface area contributed by atoms with E-state index in [-0.39, 0.29) is 0 Å². The van der Waals surface area contributed by atoms with Crippen LogP contribution in [0.3, 0.4) is 0 Å². The van der Waals surface area contributed by atoms with Crippen molar-refractivity contribution < 1.29 is 13.2 Å². The van der Waals surface area contributed by atoms with E-state index in [2.05, 4.69) is 5.10 Å². The average molecular weight is 220 g/mol. The van der Waals surface area contributed by atoms with Crippen LogP contribution < -0.4 is 0 Å². The minimum absolute atomic E-state index is 0.389. The molecule has 0 aliphatic carbocycles. The van der Waals surface area contributed by atoms with Crippen LogP contribution in [0.1, 0.15) is 17.8 Å². The number of allylic oxidation sites excluding steroid dienone is 1. The summed E-state index contributed by atoms with van der Waals surface area (Å²) in [6.45, 7) is 0. The number of hydrogen-bond donors (Lipinski definition) is 1. The second-order valence-electron chi connectivity index (χ2n) is 2.87. The fraction of sp³-hybridized carbons (Fsp3) is 0.375. The predicted octanol–water partition coefficient (Wildman–Crippen LogP) is 2.91. The van der Waals surface area contributed by atoms with Crippen molar-refractivity contribution in [2.75, 3.05) is 5.75 Å². The summed E-state index contributed by atoms with van der Waals surface area (Å²) in [5.41, 5.74) is -0.402. The molecule has 0 fully saturated rings. The van der Waals surface area contributed by atoms with E-state index < -0.39 is 11.9 Å².